The van der Waals surface area contributed by atoms with Crippen LogP contribution in [0.15, 0.2) is 42.5 Å². The highest BCUT2D eigenvalue weighted by Gasteiger charge is 2.45. The van der Waals surface area contributed by atoms with Crippen LogP contribution in [0.25, 0.3) is 0 Å². The predicted octanol–water partition coefficient (Wildman–Crippen LogP) is 6.72. The number of hydrogen-bond acceptors (Lipinski definition) is 6. The number of ether oxygens (including phenoxy) is 3. The lowest BCUT2D eigenvalue weighted by Crippen LogP contribution is -2.36. The summed E-state index contributed by atoms with van der Waals surface area (Å²) in [4.78, 5) is 12.0. The molecule has 1 aromatic carbocycles. The molecule has 0 radical (unpaired) electrons. The van der Waals surface area contributed by atoms with Crippen molar-refractivity contribution >= 4 is 5.97 Å². The topological polar surface area (TPSA) is 85.2 Å². The van der Waals surface area contributed by atoms with Gasteiger partial charge < -0.3 is 24.4 Å². The Bertz CT molecular complexity index is 873. The molecule has 1 aromatic rings. The number of carbonyl (C=O) groups is 1. The first-order chi connectivity index (χ1) is 19.3. The molecule has 0 aromatic heterocycles. The molecule has 2 aliphatic rings. The van der Waals surface area contributed by atoms with E-state index in [4.69, 9.17) is 14.2 Å². The van der Waals surface area contributed by atoms with Gasteiger partial charge in [-0.05, 0) is 75.2 Å². The number of esters is 1. The van der Waals surface area contributed by atoms with E-state index in [0.717, 1.165) is 24.8 Å². The minimum Gasteiger partial charge on any atom is -0.461 e. The van der Waals surface area contributed by atoms with Crippen LogP contribution >= 0.6 is 0 Å². The molecule has 8 heteroatoms. The van der Waals surface area contributed by atoms with Crippen molar-refractivity contribution in [2.24, 2.45) is 11.8 Å². The zero-order valence-electron chi connectivity index (χ0n) is 23.9. The second-order valence-electron chi connectivity index (χ2n) is 11.3. The van der Waals surface area contributed by atoms with Crippen LogP contribution in [0.2, 0.25) is 0 Å². The van der Waals surface area contributed by atoms with Gasteiger partial charge in [0, 0.05) is 25.9 Å². The van der Waals surface area contributed by atoms with Crippen LogP contribution in [0.4, 0.5) is 8.78 Å². The standard InChI is InChI=1S/C32H48F2O6/c1-2-3-20-32(33,34)29(36)19-18-26-25(27(35)22-28(26)40-31-17-11-12-21-38-31)15-9-4-5-10-16-30(37)39-23-24-13-7-6-8-14-24/h4,6-9,13-14,25-29,31,35-36H,2-3,5,10-12,15-23H2,1H3/b9-4+/t25-,26-,27+,28-,29+,31+/m1/s1. The molecule has 40 heavy (non-hydrogen) atoms. The summed E-state index contributed by atoms with van der Waals surface area (Å²) in [5.74, 6) is -3.66. The summed E-state index contributed by atoms with van der Waals surface area (Å²) in [5, 5.41) is 21.2. The number of alkyl halides is 2. The molecule has 1 saturated carbocycles. The summed E-state index contributed by atoms with van der Waals surface area (Å²) in [7, 11) is 0. The molecule has 1 saturated heterocycles. The third-order valence-electron chi connectivity index (χ3n) is 8.15. The van der Waals surface area contributed by atoms with Crippen molar-refractivity contribution in [2.45, 2.75) is 128 Å². The molecular weight excluding hydrogens is 518 g/mol. The minimum absolute atomic E-state index is 0.0369. The number of aliphatic hydroxyl groups excluding tert-OH is 2. The van der Waals surface area contributed by atoms with Gasteiger partial charge in [0.25, 0.3) is 5.92 Å². The van der Waals surface area contributed by atoms with E-state index >= 15 is 0 Å². The minimum atomic E-state index is -3.12. The fraction of sp³-hybridized carbons (Fsp3) is 0.719. The van der Waals surface area contributed by atoms with Gasteiger partial charge in [-0.2, -0.15) is 0 Å². The molecule has 3 rings (SSSR count). The summed E-state index contributed by atoms with van der Waals surface area (Å²) in [6.07, 6.45) is 7.55. The quantitative estimate of drug-likeness (QED) is 0.124. The van der Waals surface area contributed by atoms with Gasteiger partial charge in [0.2, 0.25) is 0 Å². The number of hydrogen-bond donors (Lipinski definition) is 2. The summed E-state index contributed by atoms with van der Waals surface area (Å²) < 4.78 is 46.2. The lowest BCUT2D eigenvalue weighted by Gasteiger charge is -2.31. The Morgan fingerprint density at radius 1 is 1.18 bits per heavy atom. The average molecular weight is 567 g/mol. The van der Waals surface area contributed by atoms with Crippen LogP contribution in [-0.2, 0) is 25.6 Å². The third-order valence-corrected chi connectivity index (χ3v) is 8.15. The zero-order chi connectivity index (χ0) is 28.8. The van der Waals surface area contributed by atoms with Gasteiger partial charge in [-0.3, -0.25) is 4.79 Å². The average Bonchev–Trinajstić information content (AvgIpc) is 3.25. The lowest BCUT2D eigenvalue weighted by molar-refractivity contribution is -0.197. The van der Waals surface area contributed by atoms with Gasteiger partial charge >= 0.3 is 5.97 Å². The fourth-order valence-corrected chi connectivity index (χ4v) is 5.74. The number of halogens is 2. The monoisotopic (exact) mass is 566 g/mol. The molecule has 0 bridgehead atoms. The van der Waals surface area contributed by atoms with Gasteiger partial charge in [-0.25, -0.2) is 8.78 Å². The lowest BCUT2D eigenvalue weighted by atomic mass is 9.85. The number of allylic oxidation sites excluding steroid dienone is 2. The Morgan fingerprint density at radius 3 is 2.70 bits per heavy atom. The van der Waals surface area contributed by atoms with Crippen LogP contribution in [0.5, 0.6) is 0 Å². The molecule has 226 valence electrons. The van der Waals surface area contributed by atoms with E-state index in [2.05, 4.69) is 0 Å². The fourth-order valence-electron chi connectivity index (χ4n) is 5.74. The summed E-state index contributed by atoms with van der Waals surface area (Å²) in [6, 6.07) is 9.56. The van der Waals surface area contributed by atoms with Gasteiger partial charge in [-0.15, -0.1) is 0 Å². The maximum atomic E-state index is 14.4. The van der Waals surface area contributed by atoms with Crippen molar-refractivity contribution < 1.29 is 38.0 Å². The zero-order valence-corrected chi connectivity index (χ0v) is 23.9. The molecule has 0 spiro atoms. The normalized spacial score (nSPS) is 26.3. The smallest absolute Gasteiger partial charge is 0.306 e. The summed E-state index contributed by atoms with van der Waals surface area (Å²) in [5.41, 5.74) is 0.954. The van der Waals surface area contributed by atoms with Crippen molar-refractivity contribution in [1.29, 1.82) is 0 Å². The van der Waals surface area contributed by atoms with Crippen molar-refractivity contribution in [3.63, 3.8) is 0 Å². The van der Waals surface area contributed by atoms with Crippen molar-refractivity contribution in [2.75, 3.05) is 6.61 Å². The van der Waals surface area contributed by atoms with Crippen molar-refractivity contribution in [1.82, 2.24) is 0 Å². The van der Waals surface area contributed by atoms with Crippen LogP contribution in [0.3, 0.4) is 0 Å². The van der Waals surface area contributed by atoms with E-state index in [0.29, 0.717) is 58.0 Å². The number of unbranched alkanes of at least 4 members (excludes halogenated alkanes) is 2. The number of aliphatic hydroxyl groups is 2. The number of rotatable bonds is 17. The molecule has 0 unspecified atom stereocenters. The molecule has 6 atom stereocenters. The first kappa shape index (κ1) is 32.6. The van der Waals surface area contributed by atoms with E-state index in [-0.39, 0.29) is 49.6 Å². The van der Waals surface area contributed by atoms with Crippen LogP contribution in [-0.4, -0.2) is 53.3 Å². The van der Waals surface area contributed by atoms with Crippen LogP contribution in [0, 0.1) is 11.8 Å². The van der Waals surface area contributed by atoms with Gasteiger partial charge in [-0.1, -0.05) is 55.8 Å². The molecule has 6 nitrogen and oxygen atoms in total. The molecular formula is C32H48F2O6. The Hall–Kier alpha value is -1.87. The second kappa shape index (κ2) is 17.2. The van der Waals surface area contributed by atoms with Crippen LogP contribution in [0.1, 0.15) is 96.0 Å². The van der Waals surface area contributed by atoms with E-state index in [1.165, 1.54) is 0 Å². The molecule has 1 aliphatic heterocycles. The van der Waals surface area contributed by atoms with E-state index in [1.54, 1.807) is 0 Å². The van der Waals surface area contributed by atoms with Crippen LogP contribution < -0.4 is 0 Å². The maximum absolute atomic E-state index is 14.4. The highest BCUT2D eigenvalue weighted by Crippen LogP contribution is 2.42. The molecule has 2 fully saturated rings. The second-order valence-corrected chi connectivity index (χ2v) is 11.3. The first-order valence-corrected chi connectivity index (χ1v) is 15.2. The molecule has 2 N–H and O–H groups in total. The van der Waals surface area contributed by atoms with E-state index in [9.17, 15) is 23.8 Å². The first-order valence-electron chi connectivity index (χ1n) is 15.2. The van der Waals surface area contributed by atoms with Gasteiger partial charge in [0.1, 0.15) is 12.7 Å². The molecule has 1 aliphatic carbocycles. The predicted molar refractivity (Wildman–Crippen MR) is 150 cm³/mol. The number of benzene rings is 1. The SMILES string of the molecule is CCCCC(F)(F)[C@@H](O)CC[C@@H]1[C@@H](C/C=C/CCCC(=O)OCc2ccccc2)[C@@H](O)C[C@H]1O[C@H]1CCCCO1. The Kier molecular flexibility index (Phi) is 14.0. The van der Waals surface area contributed by atoms with Gasteiger partial charge in [0.15, 0.2) is 6.29 Å². The highest BCUT2D eigenvalue weighted by atomic mass is 19.3. The largest absolute Gasteiger partial charge is 0.461 e. The van der Waals surface area contributed by atoms with Gasteiger partial charge in [0.05, 0.1) is 12.2 Å². The Balaban J connectivity index is 1.48. The highest BCUT2D eigenvalue weighted by molar-refractivity contribution is 5.69. The van der Waals surface area contributed by atoms with E-state index < -0.39 is 18.1 Å². The maximum Gasteiger partial charge on any atom is 0.306 e. The van der Waals surface area contributed by atoms with Crippen molar-refractivity contribution in [3.8, 4) is 0 Å². The third kappa shape index (κ3) is 10.8. The van der Waals surface area contributed by atoms with Crippen molar-refractivity contribution in [3.05, 3.63) is 48.0 Å². The summed E-state index contributed by atoms with van der Waals surface area (Å²) >= 11 is 0. The molecule has 0 amide bonds. The summed E-state index contributed by atoms with van der Waals surface area (Å²) in [6.45, 7) is 2.76. The Morgan fingerprint density at radius 2 is 1.98 bits per heavy atom. The number of carbonyl (C=O) groups excluding carboxylic acids is 1. The van der Waals surface area contributed by atoms with E-state index in [1.807, 2.05) is 49.4 Å². The molecule has 1 heterocycles. The Labute approximate surface area is 238 Å².